The van der Waals surface area contributed by atoms with Crippen LogP contribution >= 0.6 is 0 Å². The van der Waals surface area contributed by atoms with Crippen LogP contribution in [-0.2, 0) is 4.79 Å². The van der Waals surface area contributed by atoms with E-state index in [9.17, 15) is 9.59 Å². The molecule has 1 atom stereocenters. The molecule has 1 aromatic carbocycles. The molecule has 2 N–H and O–H groups in total. The molecule has 2 fully saturated rings. The summed E-state index contributed by atoms with van der Waals surface area (Å²) in [7, 11) is 0. The van der Waals surface area contributed by atoms with Crippen molar-refractivity contribution < 1.29 is 9.59 Å². The van der Waals surface area contributed by atoms with Crippen molar-refractivity contribution in [3.63, 3.8) is 0 Å². The number of hydrogen-bond acceptors (Lipinski definition) is 2. The number of nitrogens with zero attached hydrogens (tertiary/aromatic N) is 1. The van der Waals surface area contributed by atoms with E-state index >= 15 is 0 Å². The van der Waals surface area contributed by atoms with Crippen LogP contribution in [0.1, 0.15) is 31.2 Å². The number of aryl methyl sites for hydroxylation is 1. The Kier molecular flexibility index (Phi) is 4.32. The Morgan fingerprint density at radius 3 is 2.77 bits per heavy atom. The molecule has 5 heteroatoms. The third kappa shape index (κ3) is 3.78. The molecule has 0 aromatic heterocycles. The number of nitrogens with one attached hydrogen (secondary N) is 2. The van der Waals surface area contributed by atoms with Crippen LogP contribution in [0.2, 0.25) is 0 Å². The summed E-state index contributed by atoms with van der Waals surface area (Å²) in [5, 5.41) is 5.96. The van der Waals surface area contributed by atoms with Crippen LogP contribution in [0.15, 0.2) is 24.3 Å². The smallest absolute Gasteiger partial charge is 0.317 e. The van der Waals surface area contributed by atoms with Crippen molar-refractivity contribution in [2.45, 2.75) is 38.6 Å². The topological polar surface area (TPSA) is 61.4 Å². The number of amides is 3. The van der Waals surface area contributed by atoms with Gasteiger partial charge in [0.15, 0.2) is 0 Å². The Morgan fingerprint density at radius 2 is 2.05 bits per heavy atom. The zero-order valence-electron chi connectivity index (χ0n) is 13.0. The Labute approximate surface area is 131 Å². The van der Waals surface area contributed by atoms with Crippen molar-refractivity contribution in [2.24, 2.45) is 5.92 Å². The SMILES string of the molecule is Cc1cccc(NC(=O)C2CCCN(C(=O)NC3CC3)C2)c1. The second-order valence-corrected chi connectivity index (χ2v) is 6.37. The lowest BCUT2D eigenvalue weighted by Crippen LogP contribution is -2.48. The number of anilines is 1. The number of hydrogen-bond donors (Lipinski definition) is 2. The van der Waals surface area contributed by atoms with Gasteiger partial charge < -0.3 is 15.5 Å². The quantitative estimate of drug-likeness (QED) is 0.901. The predicted molar refractivity (Wildman–Crippen MR) is 85.7 cm³/mol. The third-order valence-corrected chi connectivity index (χ3v) is 4.27. The van der Waals surface area contributed by atoms with Gasteiger partial charge in [0, 0.05) is 24.8 Å². The first-order valence-electron chi connectivity index (χ1n) is 8.05. The van der Waals surface area contributed by atoms with Crippen molar-refractivity contribution >= 4 is 17.6 Å². The van der Waals surface area contributed by atoms with Crippen LogP contribution in [0, 0.1) is 12.8 Å². The number of likely N-dealkylation sites (tertiary alicyclic amines) is 1. The van der Waals surface area contributed by atoms with Gasteiger partial charge in [-0.1, -0.05) is 12.1 Å². The first kappa shape index (κ1) is 14.9. The van der Waals surface area contributed by atoms with Gasteiger partial charge in [-0.3, -0.25) is 4.79 Å². The molecule has 0 spiro atoms. The van der Waals surface area contributed by atoms with E-state index < -0.39 is 0 Å². The average Bonchev–Trinajstić information content (AvgIpc) is 3.31. The number of benzene rings is 1. The van der Waals surface area contributed by atoms with E-state index in [1.54, 1.807) is 4.90 Å². The fourth-order valence-electron chi connectivity index (χ4n) is 2.84. The number of urea groups is 1. The maximum Gasteiger partial charge on any atom is 0.317 e. The maximum absolute atomic E-state index is 12.4. The zero-order valence-corrected chi connectivity index (χ0v) is 13.0. The van der Waals surface area contributed by atoms with Crippen molar-refractivity contribution in [3.8, 4) is 0 Å². The van der Waals surface area contributed by atoms with E-state index in [1.807, 2.05) is 31.2 Å². The van der Waals surface area contributed by atoms with Crippen LogP contribution in [0.5, 0.6) is 0 Å². The minimum Gasteiger partial charge on any atom is -0.335 e. The van der Waals surface area contributed by atoms with Crippen LogP contribution in [0.4, 0.5) is 10.5 Å². The lowest BCUT2D eigenvalue weighted by atomic mass is 9.97. The second kappa shape index (κ2) is 6.38. The fraction of sp³-hybridized carbons (Fsp3) is 0.529. The van der Waals surface area contributed by atoms with Gasteiger partial charge in [0.1, 0.15) is 0 Å². The average molecular weight is 301 g/mol. The summed E-state index contributed by atoms with van der Waals surface area (Å²) in [6.45, 7) is 3.25. The molecule has 5 nitrogen and oxygen atoms in total. The lowest BCUT2D eigenvalue weighted by molar-refractivity contribution is -0.121. The molecule has 1 unspecified atom stereocenters. The van der Waals surface area contributed by atoms with Gasteiger partial charge >= 0.3 is 6.03 Å². The highest BCUT2D eigenvalue weighted by atomic mass is 16.2. The molecule has 1 heterocycles. The lowest BCUT2D eigenvalue weighted by Gasteiger charge is -2.32. The molecule has 1 saturated heterocycles. The normalized spacial score (nSPS) is 21.3. The first-order chi connectivity index (χ1) is 10.6. The second-order valence-electron chi connectivity index (χ2n) is 6.37. The van der Waals surface area contributed by atoms with Gasteiger partial charge in [-0.2, -0.15) is 0 Å². The molecule has 3 rings (SSSR count). The van der Waals surface area contributed by atoms with E-state index in [2.05, 4.69) is 10.6 Å². The molecule has 1 aliphatic carbocycles. The zero-order chi connectivity index (χ0) is 15.5. The molecule has 0 radical (unpaired) electrons. The number of carbonyl (C=O) groups is 2. The Morgan fingerprint density at radius 1 is 1.23 bits per heavy atom. The highest BCUT2D eigenvalue weighted by Gasteiger charge is 2.31. The Hall–Kier alpha value is -2.04. The first-order valence-corrected chi connectivity index (χ1v) is 8.05. The van der Waals surface area contributed by atoms with Gasteiger partial charge in [-0.15, -0.1) is 0 Å². The summed E-state index contributed by atoms with van der Waals surface area (Å²) >= 11 is 0. The molecule has 3 amide bonds. The molecule has 1 aromatic rings. The number of carbonyl (C=O) groups excluding carboxylic acids is 2. The molecule has 1 aliphatic heterocycles. The summed E-state index contributed by atoms with van der Waals surface area (Å²) in [4.78, 5) is 26.3. The van der Waals surface area contributed by atoms with Crippen LogP contribution in [-0.4, -0.2) is 36.0 Å². The van der Waals surface area contributed by atoms with Crippen molar-refractivity contribution in [1.29, 1.82) is 0 Å². The van der Waals surface area contributed by atoms with Crippen molar-refractivity contribution in [1.82, 2.24) is 10.2 Å². The summed E-state index contributed by atoms with van der Waals surface area (Å²) < 4.78 is 0. The molecule has 0 bridgehead atoms. The summed E-state index contributed by atoms with van der Waals surface area (Å²) in [6.07, 6.45) is 3.88. The number of piperidine rings is 1. The highest BCUT2D eigenvalue weighted by molar-refractivity contribution is 5.93. The van der Waals surface area contributed by atoms with E-state index in [0.29, 0.717) is 12.6 Å². The Bertz CT molecular complexity index is 569. The standard InChI is InChI=1S/C17H23N3O2/c1-12-4-2-6-15(10-12)18-16(21)13-5-3-9-20(11-13)17(22)19-14-7-8-14/h2,4,6,10,13-14H,3,5,7-9,11H2,1H3,(H,18,21)(H,19,22). The third-order valence-electron chi connectivity index (χ3n) is 4.27. The van der Waals surface area contributed by atoms with Gasteiger partial charge in [0.2, 0.25) is 5.91 Å². The molecule has 1 saturated carbocycles. The minimum absolute atomic E-state index is 0.00882. The van der Waals surface area contributed by atoms with E-state index in [0.717, 1.165) is 43.5 Å². The van der Waals surface area contributed by atoms with Crippen LogP contribution in [0.3, 0.4) is 0 Å². The van der Waals surface area contributed by atoms with E-state index in [1.165, 1.54) is 0 Å². The monoisotopic (exact) mass is 301 g/mol. The largest absolute Gasteiger partial charge is 0.335 e. The minimum atomic E-state index is -0.126. The van der Waals surface area contributed by atoms with E-state index in [4.69, 9.17) is 0 Å². The fourth-order valence-corrected chi connectivity index (χ4v) is 2.84. The molecule has 118 valence electrons. The molecular weight excluding hydrogens is 278 g/mol. The summed E-state index contributed by atoms with van der Waals surface area (Å²) in [5.41, 5.74) is 1.94. The van der Waals surface area contributed by atoms with Crippen molar-refractivity contribution in [3.05, 3.63) is 29.8 Å². The predicted octanol–water partition coefficient (Wildman–Crippen LogP) is 2.52. The van der Waals surface area contributed by atoms with Crippen molar-refractivity contribution in [2.75, 3.05) is 18.4 Å². The highest BCUT2D eigenvalue weighted by Crippen LogP contribution is 2.22. The Balaban J connectivity index is 1.56. The van der Waals surface area contributed by atoms with Crippen LogP contribution < -0.4 is 10.6 Å². The van der Waals surface area contributed by atoms with Gasteiger partial charge in [-0.05, 0) is 50.3 Å². The maximum atomic E-state index is 12.4. The molecule has 22 heavy (non-hydrogen) atoms. The summed E-state index contributed by atoms with van der Waals surface area (Å²) in [6, 6.07) is 8.12. The van der Waals surface area contributed by atoms with Gasteiger partial charge in [-0.25, -0.2) is 4.79 Å². The van der Waals surface area contributed by atoms with Gasteiger partial charge in [0.05, 0.1) is 5.92 Å². The number of rotatable bonds is 3. The molecule has 2 aliphatic rings. The van der Waals surface area contributed by atoms with Crippen LogP contribution in [0.25, 0.3) is 0 Å². The molecular formula is C17H23N3O2. The van der Waals surface area contributed by atoms with E-state index in [-0.39, 0.29) is 17.9 Å². The summed E-state index contributed by atoms with van der Waals surface area (Å²) in [5.74, 6) is -0.117. The van der Waals surface area contributed by atoms with Gasteiger partial charge in [0.25, 0.3) is 0 Å².